The van der Waals surface area contributed by atoms with Gasteiger partial charge in [0, 0.05) is 31.6 Å². The minimum atomic E-state index is -0.279. The third-order valence-corrected chi connectivity index (χ3v) is 5.40. The lowest BCUT2D eigenvalue weighted by atomic mass is 9.93. The highest BCUT2D eigenvalue weighted by atomic mass is 19.1. The van der Waals surface area contributed by atoms with Crippen LogP contribution < -0.4 is 10.6 Å². The van der Waals surface area contributed by atoms with Crippen LogP contribution in [0.4, 0.5) is 4.39 Å². The molecule has 0 spiro atoms. The Kier molecular flexibility index (Phi) is 5.68. The van der Waals surface area contributed by atoms with Crippen LogP contribution >= 0.6 is 0 Å². The second-order valence-corrected chi connectivity index (χ2v) is 7.08. The van der Waals surface area contributed by atoms with Crippen molar-refractivity contribution in [3.63, 3.8) is 0 Å². The smallest absolute Gasteiger partial charge is 0.227 e. The van der Waals surface area contributed by atoms with Crippen molar-refractivity contribution < 1.29 is 14.0 Å². The van der Waals surface area contributed by atoms with Gasteiger partial charge in [0.15, 0.2) is 0 Å². The minimum Gasteiger partial charge on any atom is -0.352 e. The van der Waals surface area contributed by atoms with E-state index in [1.165, 1.54) is 12.1 Å². The van der Waals surface area contributed by atoms with Crippen LogP contribution in [0.15, 0.2) is 24.3 Å². The van der Waals surface area contributed by atoms with Crippen molar-refractivity contribution in [3.05, 3.63) is 35.6 Å². The second-order valence-electron chi connectivity index (χ2n) is 7.08. The number of piperidine rings is 1. The van der Waals surface area contributed by atoms with Crippen molar-refractivity contribution >= 4 is 11.8 Å². The number of amides is 2. The highest BCUT2D eigenvalue weighted by Crippen LogP contribution is 2.23. The van der Waals surface area contributed by atoms with Gasteiger partial charge in [-0.1, -0.05) is 12.1 Å². The number of nitrogens with one attached hydrogen (secondary N) is 2. The van der Waals surface area contributed by atoms with Gasteiger partial charge >= 0.3 is 0 Å². The molecule has 2 amide bonds. The average molecular weight is 347 g/mol. The molecule has 25 heavy (non-hydrogen) atoms. The predicted octanol–water partition coefficient (Wildman–Crippen LogP) is 1.68. The van der Waals surface area contributed by atoms with Crippen molar-refractivity contribution in [2.24, 2.45) is 11.8 Å². The molecule has 2 saturated heterocycles. The summed E-state index contributed by atoms with van der Waals surface area (Å²) in [6, 6.07) is 6.38. The first-order valence-electron chi connectivity index (χ1n) is 9.09. The van der Waals surface area contributed by atoms with E-state index < -0.39 is 0 Å². The van der Waals surface area contributed by atoms with Crippen molar-refractivity contribution in [1.29, 1.82) is 0 Å². The number of halogens is 1. The largest absolute Gasteiger partial charge is 0.352 e. The Balaban J connectivity index is 1.44. The van der Waals surface area contributed by atoms with Gasteiger partial charge in [-0.15, -0.1) is 0 Å². The summed E-state index contributed by atoms with van der Waals surface area (Å²) in [6.45, 7) is 4.67. The molecule has 0 aromatic heterocycles. The molecule has 0 radical (unpaired) electrons. The Labute approximate surface area is 148 Å². The fourth-order valence-electron chi connectivity index (χ4n) is 3.73. The normalized spacial score (nSPS) is 24.3. The summed E-state index contributed by atoms with van der Waals surface area (Å²) in [5.41, 5.74) is 0.880. The molecule has 2 atom stereocenters. The fraction of sp³-hybridized carbons (Fsp3) is 0.579. The lowest BCUT2D eigenvalue weighted by molar-refractivity contribution is -0.139. The van der Waals surface area contributed by atoms with Crippen LogP contribution in [-0.4, -0.2) is 42.4 Å². The first kappa shape index (κ1) is 17.9. The number of benzene rings is 1. The van der Waals surface area contributed by atoms with Gasteiger partial charge in [-0.05, 0) is 50.4 Å². The first-order chi connectivity index (χ1) is 12.0. The highest BCUT2D eigenvalue weighted by molar-refractivity contribution is 5.81. The van der Waals surface area contributed by atoms with Gasteiger partial charge in [0.25, 0.3) is 0 Å². The first-order valence-corrected chi connectivity index (χ1v) is 9.09. The highest BCUT2D eigenvalue weighted by Gasteiger charge is 2.35. The Bertz CT molecular complexity index is 612. The van der Waals surface area contributed by atoms with Crippen LogP contribution in [0.3, 0.4) is 0 Å². The van der Waals surface area contributed by atoms with Crippen molar-refractivity contribution in [2.45, 2.75) is 38.8 Å². The number of rotatable bonds is 4. The van der Waals surface area contributed by atoms with Gasteiger partial charge < -0.3 is 15.5 Å². The number of nitrogens with zero attached hydrogens (tertiary/aromatic N) is 1. The Morgan fingerprint density at radius 3 is 2.48 bits per heavy atom. The molecule has 2 aliphatic rings. The van der Waals surface area contributed by atoms with Crippen LogP contribution in [0.5, 0.6) is 0 Å². The zero-order valence-corrected chi connectivity index (χ0v) is 14.6. The van der Waals surface area contributed by atoms with Crippen molar-refractivity contribution in [3.8, 4) is 0 Å². The molecule has 2 heterocycles. The molecule has 2 unspecified atom stereocenters. The molecule has 1 aromatic carbocycles. The molecule has 2 aliphatic heterocycles. The van der Waals surface area contributed by atoms with Crippen LogP contribution in [0.1, 0.15) is 31.7 Å². The van der Waals surface area contributed by atoms with Crippen LogP contribution in [0, 0.1) is 17.7 Å². The van der Waals surface area contributed by atoms with E-state index in [9.17, 15) is 14.0 Å². The van der Waals surface area contributed by atoms with E-state index in [2.05, 4.69) is 17.6 Å². The van der Waals surface area contributed by atoms with Gasteiger partial charge in [-0.25, -0.2) is 4.39 Å². The third kappa shape index (κ3) is 4.37. The quantitative estimate of drug-likeness (QED) is 0.871. The van der Waals surface area contributed by atoms with E-state index in [0.29, 0.717) is 32.5 Å². The summed E-state index contributed by atoms with van der Waals surface area (Å²) in [7, 11) is 0. The van der Waals surface area contributed by atoms with Gasteiger partial charge in [-0.3, -0.25) is 9.59 Å². The van der Waals surface area contributed by atoms with Crippen LogP contribution in [-0.2, 0) is 16.1 Å². The van der Waals surface area contributed by atoms with E-state index in [0.717, 1.165) is 18.5 Å². The van der Waals surface area contributed by atoms with Gasteiger partial charge in [0.1, 0.15) is 5.82 Å². The molecule has 5 nitrogen and oxygen atoms in total. The standard InChI is InChI=1S/C19H26FN3O2/c1-13-17(6-9-21-13)19(25)23-10-7-15(8-11-23)18(24)22-12-14-2-4-16(20)5-3-14/h2-5,13,15,17,21H,6-12H2,1H3,(H,22,24). The molecule has 0 saturated carbocycles. The van der Waals surface area contributed by atoms with E-state index >= 15 is 0 Å². The summed E-state index contributed by atoms with van der Waals surface area (Å²) in [4.78, 5) is 26.8. The molecule has 136 valence electrons. The predicted molar refractivity (Wildman–Crippen MR) is 93.1 cm³/mol. The lowest BCUT2D eigenvalue weighted by Gasteiger charge is -2.33. The number of hydrogen-bond acceptors (Lipinski definition) is 3. The monoisotopic (exact) mass is 347 g/mol. The molecule has 2 fully saturated rings. The Morgan fingerprint density at radius 2 is 1.88 bits per heavy atom. The SMILES string of the molecule is CC1NCCC1C(=O)N1CCC(C(=O)NCc2ccc(F)cc2)CC1. The van der Waals surface area contributed by atoms with Gasteiger partial charge in [0.2, 0.25) is 11.8 Å². The minimum absolute atomic E-state index is 0.0207. The van der Waals surface area contributed by atoms with Gasteiger partial charge in [0.05, 0.1) is 5.92 Å². The zero-order chi connectivity index (χ0) is 17.8. The topological polar surface area (TPSA) is 61.4 Å². The Morgan fingerprint density at radius 1 is 1.20 bits per heavy atom. The van der Waals surface area contributed by atoms with E-state index in [1.807, 2.05) is 4.90 Å². The van der Waals surface area contributed by atoms with E-state index in [-0.39, 0.29) is 35.5 Å². The molecule has 6 heteroatoms. The number of carbonyl (C=O) groups excluding carboxylic acids is 2. The molecule has 0 bridgehead atoms. The molecular formula is C19H26FN3O2. The second kappa shape index (κ2) is 7.95. The summed E-state index contributed by atoms with van der Waals surface area (Å²) >= 11 is 0. The maximum atomic E-state index is 12.9. The summed E-state index contributed by atoms with van der Waals surface area (Å²) in [5.74, 6) is -0.0126. The molecule has 2 N–H and O–H groups in total. The fourth-order valence-corrected chi connectivity index (χ4v) is 3.73. The maximum absolute atomic E-state index is 12.9. The molecule has 3 rings (SSSR count). The Hall–Kier alpha value is -1.95. The number of likely N-dealkylation sites (tertiary alicyclic amines) is 1. The summed E-state index contributed by atoms with van der Waals surface area (Å²) in [5, 5.41) is 6.24. The number of hydrogen-bond donors (Lipinski definition) is 2. The zero-order valence-electron chi connectivity index (χ0n) is 14.6. The van der Waals surface area contributed by atoms with E-state index in [4.69, 9.17) is 0 Å². The number of carbonyl (C=O) groups is 2. The molecule has 1 aromatic rings. The van der Waals surface area contributed by atoms with Crippen molar-refractivity contribution in [1.82, 2.24) is 15.5 Å². The molecule has 0 aliphatic carbocycles. The lowest BCUT2D eigenvalue weighted by Crippen LogP contribution is -2.46. The van der Waals surface area contributed by atoms with Crippen molar-refractivity contribution in [2.75, 3.05) is 19.6 Å². The third-order valence-electron chi connectivity index (χ3n) is 5.40. The average Bonchev–Trinajstić information content (AvgIpc) is 3.06. The molecular weight excluding hydrogens is 321 g/mol. The summed E-state index contributed by atoms with van der Waals surface area (Å²) < 4.78 is 12.9. The van der Waals surface area contributed by atoms with Gasteiger partial charge in [-0.2, -0.15) is 0 Å². The van der Waals surface area contributed by atoms with E-state index in [1.54, 1.807) is 12.1 Å². The van der Waals surface area contributed by atoms with Crippen LogP contribution in [0.2, 0.25) is 0 Å². The van der Waals surface area contributed by atoms with Crippen LogP contribution in [0.25, 0.3) is 0 Å². The maximum Gasteiger partial charge on any atom is 0.227 e. The summed E-state index contributed by atoms with van der Waals surface area (Å²) in [6.07, 6.45) is 2.31.